The monoisotopic (exact) mass is 557 g/mol. The van der Waals surface area contributed by atoms with Gasteiger partial charge >= 0.3 is 0 Å². The van der Waals surface area contributed by atoms with Gasteiger partial charge in [-0.3, -0.25) is 14.4 Å². The van der Waals surface area contributed by atoms with Crippen LogP contribution in [0.15, 0.2) is 77.7 Å². The van der Waals surface area contributed by atoms with Gasteiger partial charge in [0.25, 0.3) is 10.0 Å². The van der Waals surface area contributed by atoms with E-state index in [1.807, 2.05) is 35.1 Å². The van der Waals surface area contributed by atoms with Gasteiger partial charge in [0.1, 0.15) is 11.9 Å². The van der Waals surface area contributed by atoms with Crippen molar-refractivity contribution >= 4 is 40.4 Å². The second-order valence-corrected chi connectivity index (χ2v) is 10.7. The van der Waals surface area contributed by atoms with Gasteiger partial charge in [0, 0.05) is 24.7 Å². The molecule has 0 bridgehead atoms. The van der Waals surface area contributed by atoms with Crippen LogP contribution in [-0.2, 0) is 37.2 Å². The van der Waals surface area contributed by atoms with Crippen molar-refractivity contribution in [3.05, 3.63) is 89.7 Å². The van der Waals surface area contributed by atoms with Crippen LogP contribution in [-0.4, -0.2) is 37.9 Å². The Morgan fingerprint density at radius 3 is 2.24 bits per heavy atom. The van der Waals surface area contributed by atoms with E-state index in [9.17, 15) is 22.8 Å². The van der Waals surface area contributed by atoms with Gasteiger partial charge in [-0.1, -0.05) is 60.7 Å². The van der Waals surface area contributed by atoms with Crippen LogP contribution in [0.25, 0.3) is 11.1 Å². The van der Waals surface area contributed by atoms with Gasteiger partial charge in [-0.05, 0) is 35.2 Å². The first-order valence-electron chi connectivity index (χ1n) is 11.7. The number of primary amides is 1. The number of nitrogens with one attached hydrogen (secondary N) is 2. The van der Waals surface area contributed by atoms with Gasteiger partial charge in [-0.15, -0.1) is 0 Å². The lowest BCUT2D eigenvalue weighted by Gasteiger charge is -2.20. The Morgan fingerprint density at radius 1 is 0.974 bits per heavy atom. The van der Waals surface area contributed by atoms with Crippen LogP contribution in [0.4, 0.5) is 4.39 Å². The average Bonchev–Trinajstić information content (AvgIpc) is 2.87. The molecule has 200 valence electrons. The number of carbonyl (C=O) groups excluding carboxylic acids is 3. The number of halogens is 1. The molecule has 11 heteroatoms. The lowest BCUT2D eigenvalue weighted by atomic mass is 9.97. The quantitative estimate of drug-likeness (QED) is 0.269. The van der Waals surface area contributed by atoms with Crippen LogP contribution in [0.1, 0.15) is 18.1 Å². The molecule has 0 aliphatic carbocycles. The summed E-state index contributed by atoms with van der Waals surface area (Å²) in [4.78, 5) is 36.1. The number of sulfonamides is 1. The molecule has 1 unspecified atom stereocenters. The summed E-state index contributed by atoms with van der Waals surface area (Å²) in [5.74, 6) is -3.03. The fraction of sp³-hybridized carbons (Fsp3) is 0.222. The molecule has 0 saturated carbocycles. The molecule has 3 rings (SSSR count). The van der Waals surface area contributed by atoms with E-state index in [0.717, 1.165) is 18.6 Å². The highest BCUT2D eigenvalue weighted by Gasteiger charge is 2.26. The number of benzene rings is 3. The summed E-state index contributed by atoms with van der Waals surface area (Å²) in [6.07, 6.45) is 0.204. The summed E-state index contributed by atoms with van der Waals surface area (Å²) in [5, 5.41) is 2.61. The van der Waals surface area contributed by atoms with Gasteiger partial charge in [0.15, 0.2) is 0 Å². The Hall–Kier alpha value is -3.70. The first-order valence-corrected chi connectivity index (χ1v) is 13.8. The third-order valence-corrected chi connectivity index (χ3v) is 7.75. The predicted molar refractivity (Wildman–Crippen MR) is 145 cm³/mol. The van der Waals surface area contributed by atoms with Gasteiger partial charge in [0.05, 0.1) is 10.8 Å². The number of carbonyl (C=O) groups is 3. The zero-order chi connectivity index (χ0) is 27.9. The lowest BCUT2D eigenvalue weighted by molar-refractivity contribution is -0.129. The molecule has 0 heterocycles. The van der Waals surface area contributed by atoms with Crippen molar-refractivity contribution in [3.63, 3.8) is 0 Å². The molecule has 0 spiro atoms. The van der Waals surface area contributed by atoms with Crippen molar-refractivity contribution in [1.29, 1.82) is 0 Å². The first kappa shape index (κ1) is 28.9. The van der Waals surface area contributed by atoms with E-state index in [4.69, 9.17) is 5.73 Å². The SMILES string of the molecule is CC(=O)NS(=O)(=O)c1ccccc1-c1ccc(CC(NC(=O)[C@@H](CS)Cc2ccccc2)C(N)=O)c(F)c1. The van der Waals surface area contributed by atoms with Crippen molar-refractivity contribution in [2.75, 3.05) is 5.75 Å². The number of hydrogen-bond acceptors (Lipinski definition) is 6. The molecule has 2 atom stereocenters. The number of hydrogen-bond donors (Lipinski definition) is 4. The number of thiol groups is 1. The molecule has 0 aliphatic rings. The fourth-order valence-corrected chi connectivity index (χ4v) is 5.45. The molecule has 8 nitrogen and oxygen atoms in total. The molecule has 3 aromatic carbocycles. The second-order valence-electron chi connectivity index (χ2n) is 8.70. The Balaban J connectivity index is 1.81. The molecule has 3 amide bonds. The van der Waals surface area contributed by atoms with Crippen molar-refractivity contribution < 1.29 is 27.2 Å². The fourth-order valence-electron chi connectivity index (χ4n) is 3.94. The van der Waals surface area contributed by atoms with E-state index in [2.05, 4.69) is 17.9 Å². The maximum atomic E-state index is 15.2. The highest BCUT2D eigenvalue weighted by molar-refractivity contribution is 7.90. The van der Waals surface area contributed by atoms with Crippen molar-refractivity contribution in [1.82, 2.24) is 10.0 Å². The summed E-state index contributed by atoms with van der Waals surface area (Å²) < 4.78 is 42.2. The molecule has 0 aromatic heterocycles. The highest BCUT2D eigenvalue weighted by Crippen LogP contribution is 2.29. The van der Waals surface area contributed by atoms with Crippen molar-refractivity contribution in [2.24, 2.45) is 11.7 Å². The Morgan fingerprint density at radius 2 is 1.63 bits per heavy atom. The van der Waals surface area contributed by atoms with Crippen LogP contribution in [0.5, 0.6) is 0 Å². The Kier molecular flexibility index (Phi) is 9.65. The average molecular weight is 558 g/mol. The van der Waals surface area contributed by atoms with E-state index in [0.29, 0.717) is 6.42 Å². The Bertz CT molecular complexity index is 1430. The number of nitrogens with two attached hydrogens (primary N) is 1. The minimum atomic E-state index is -4.18. The third kappa shape index (κ3) is 7.42. The molecule has 0 fully saturated rings. The summed E-state index contributed by atoms with van der Waals surface area (Å²) in [6, 6.07) is 18.0. The zero-order valence-corrected chi connectivity index (χ0v) is 22.3. The smallest absolute Gasteiger partial charge is 0.264 e. The number of amides is 3. The standard InChI is InChI=1S/C27H28FN3O5S2/c1-17(32)31-38(35,36)25-10-6-5-9-22(25)19-11-12-20(23(28)14-19)15-24(26(29)33)30-27(34)21(16-37)13-18-7-3-2-4-8-18/h2-12,14,21,24,37H,13,15-16H2,1H3,(H2,29,33)(H,30,34)(H,31,32)/t21-,24?/m1/s1. The summed E-state index contributed by atoms with van der Waals surface area (Å²) in [7, 11) is -4.18. The van der Waals surface area contributed by atoms with E-state index in [1.165, 1.54) is 30.3 Å². The maximum absolute atomic E-state index is 15.2. The molecule has 0 saturated heterocycles. The normalized spacial score (nSPS) is 12.8. The molecular formula is C27H28FN3O5S2. The molecule has 3 aromatic rings. The van der Waals surface area contributed by atoms with Gasteiger partial charge in [0.2, 0.25) is 17.7 Å². The number of rotatable bonds is 11. The summed E-state index contributed by atoms with van der Waals surface area (Å²) >= 11 is 4.26. The topological polar surface area (TPSA) is 135 Å². The molecular weight excluding hydrogens is 529 g/mol. The van der Waals surface area contributed by atoms with Crippen molar-refractivity contribution in [3.8, 4) is 11.1 Å². The van der Waals surface area contributed by atoms with E-state index in [1.54, 1.807) is 6.07 Å². The van der Waals surface area contributed by atoms with Gasteiger partial charge in [-0.25, -0.2) is 17.5 Å². The van der Waals surface area contributed by atoms with Gasteiger partial charge in [-0.2, -0.15) is 12.6 Å². The maximum Gasteiger partial charge on any atom is 0.264 e. The van der Waals surface area contributed by atoms with E-state index >= 15 is 4.39 Å². The molecule has 0 aliphatic heterocycles. The van der Waals surface area contributed by atoms with E-state index in [-0.39, 0.29) is 33.8 Å². The minimum Gasteiger partial charge on any atom is -0.368 e. The van der Waals surface area contributed by atoms with E-state index < -0.39 is 45.5 Å². The third-order valence-electron chi connectivity index (χ3n) is 5.82. The molecule has 38 heavy (non-hydrogen) atoms. The zero-order valence-electron chi connectivity index (χ0n) is 20.6. The Labute approximate surface area is 226 Å². The summed E-state index contributed by atoms with van der Waals surface area (Å²) in [5.41, 5.74) is 6.97. The van der Waals surface area contributed by atoms with Gasteiger partial charge < -0.3 is 11.1 Å². The minimum absolute atomic E-state index is 0.102. The molecule has 4 N–H and O–H groups in total. The lowest BCUT2D eigenvalue weighted by Crippen LogP contribution is -2.48. The van der Waals surface area contributed by atoms with Crippen LogP contribution in [0.2, 0.25) is 0 Å². The van der Waals surface area contributed by atoms with Crippen LogP contribution in [0, 0.1) is 11.7 Å². The predicted octanol–water partition coefficient (Wildman–Crippen LogP) is 2.62. The van der Waals surface area contributed by atoms with Crippen LogP contribution < -0.4 is 15.8 Å². The largest absolute Gasteiger partial charge is 0.368 e. The second kappa shape index (κ2) is 12.7. The highest BCUT2D eigenvalue weighted by atomic mass is 32.2. The summed E-state index contributed by atoms with van der Waals surface area (Å²) in [6.45, 7) is 1.07. The molecule has 0 radical (unpaired) electrons. The van der Waals surface area contributed by atoms with Crippen LogP contribution >= 0.6 is 12.6 Å². The van der Waals surface area contributed by atoms with Crippen LogP contribution in [0.3, 0.4) is 0 Å². The first-order chi connectivity index (χ1) is 18.0. The van der Waals surface area contributed by atoms with Crippen molar-refractivity contribution in [2.45, 2.75) is 30.7 Å².